The number of esters is 3. The lowest BCUT2D eigenvalue weighted by Gasteiger charge is -2.13. The average Bonchev–Trinajstić information content (AvgIpc) is 1.68. The third-order valence-electron chi connectivity index (χ3n) is 15.5. The van der Waals surface area contributed by atoms with Crippen molar-refractivity contribution in [2.75, 3.05) is 62.5 Å². The number of nitrogens with one attached hydrogen (secondary N) is 6. The van der Waals surface area contributed by atoms with Crippen molar-refractivity contribution in [1.82, 2.24) is 66.1 Å². The molecular formula is C72H72FI2N15O17. The first-order valence-corrected chi connectivity index (χ1v) is 34.1. The number of aromatic carboxylic acids is 1. The van der Waals surface area contributed by atoms with E-state index in [9.17, 15) is 38.0 Å². The number of aromatic nitrogens is 12. The molecule has 11 N–H and O–H groups in total. The van der Waals surface area contributed by atoms with Gasteiger partial charge in [-0.2, -0.15) is 30.6 Å². The van der Waals surface area contributed by atoms with E-state index in [1.165, 1.54) is 54.6 Å². The molecule has 558 valence electrons. The number of amides is 3. The lowest BCUT2D eigenvalue weighted by atomic mass is 10.1. The van der Waals surface area contributed by atoms with Crippen LogP contribution in [0.3, 0.4) is 0 Å². The summed E-state index contributed by atoms with van der Waals surface area (Å²) in [5.41, 5.74) is 17.8. The first-order valence-electron chi connectivity index (χ1n) is 32.0. The lowest BCUT2D eigenvalue weighted by molar-refractivity contribution is -0.119. The Balaban J connectivity index is 0.000000165. The van der Waals surface area contributed by atoms with Crippen LogP contribution >= 0.6 is 45.2 Å². The fourth-order valence-electron chi connectivity index (χ4n) is 10.6. The zero-order valence-electron chi connectivity index (χ0n) is 59.2. The third kappa shape index (κ3) is 18.4. The maximum Gasteiger partial charge on any atom is 0.341 e. The van der Waals surface area contributed by atoms with Crippen molar-refractivity contribution in [3.05, 3.63) is 174 Å². The molecule has 0 radical (unpaired) electrons. The number of H-pyrrole nitrogens is 5. The number of aromatic amines is 5. The quantitative estimate of drug-likeness (QED) is 0.0206. The molecule has 6 aromatic heterocycles. The molecule has 0 fully saturated rings. The van der Waals surface area contributed by atoms with E-state index in [0.29, 0.717) is 104 Å². The van der Waals surface area contributed by atoms with Crippen LogP contribution in [0.25, 0.3) is 77.6 Å². The maximum atomic E-state index is 13.8. The molecule has 0 saturated heterocycles. The van der Waals surface area contributed by atoms with Gasteiger partial charge >= 0.3 is 23.9 Å². The average molecular weight is 1690 g/mol. The van der Waals surface area contributed by atoms with Gasteiger partial charge in [0.25, 0.3) is 11.8 Å². The first kappa shape index (κ1) is 80.3. The van der Waals surface area contributed by atoms with E-state index < -0.39 is 29.7 Å². The van der Waals surface area contributed by atoms with Crippen LogP contribution < -0.4 is 45.2 Å². The number of fused-ring (bicyclic) bond motifs is 6. The van der Waals surface area contributed by atoms with Crippen LogP contribution in [-0.2, 0) is 26.1 Å². The summed E-state index contributed by atoms with van der Waals surface area (Å²) in [6.45, 7) is 7.81. The molecule has 3 amide bonds. The number of benzene rings is 7. The highest BCUT2D eigenvalue weighted by molar-refractivity contribution is 14.1. The second-order valence-corrected chi connectivity index (χ2v) is 24.0. The SMILES string of the molecule is CCOC(=O)c1ccc2c(c(I)nn2C)c1OC.CCOC(=O)c1ccc2n[nH]c(I)c2c1OC.CCOC(=O)c1ccc2n[nH]cc2c1OC.COc1c(C(=O)N[C@@H](C)C(N)=O)ccc2n[nH]c(/C=C/c3ccccc3F)c12.COc1c(C(=O)O)ccc2n[nH]cc12.COc1c(C(N)=O)ccc2n[nH]cc12. The van der Waals surface area contributed by atoms with Crippen molar-refractivity contribution >= 4 is 164 Å². The summed E-state index contributed by atoms with van der Waals surface area (Å²) in [5.74, 6) is -1.58. The van der Waals surface area contributed by atoms with Crippen LogP contribution in [0.4, 0.5) is 4.39 Å². The van der Waals surface area contributed by atoms with Gasteiger partial charge in [-0.1, -0.05) is 18.2 Å². The number of nitrogens with two attached hydrogens (primary N) is 2. The molecule has 0 bridgehead atoms. The van der Waals surface area contributed by atoms with Crippen LogP contribution in [-0.4, -0.2) is 176 Å². The molecule has 0 aliphatic heterocycles. The predicted molar refractivity (Wildman–Crippen MR) is 411 cm³/mol. The normalized spacial score (nSPS) is 10.9. The van der Waals surface area contributed by atoms with Gasteiger partial charge in [0.2, 0.25) is 5.91 Å². The van der Waals surface area contributed by atoms with Crippen LogP contribution in [0.15, 0.2) is 116 Å². The summed E-state index contributed by atoms with van der Waals surface area (Å²) in [5, 5.41) is 54.1. The zero-order valence-corrected chi connectivity index (χ0v) is 63.5. The van der Waals surface area contributed by atoms with E-state index in [-0.39, 0.29) is 40.6 Å². The summed E-state index contributed by atoms with van der Waals surface area (Å²) in [6.07, 6.45) is 8.23. The van der Waals surface area contributed by atoms with Crippen LogP contribution in [0.2, 0.25) is 0 Å². The van der Waals surface area contributed by atoms with E-state index >= 15 is 0 Å². The molecule has 6 heterocycles. The van der Waals surface area contributed by atoms with E-state index in [1.807, 2.05) is 13.1 Å². The number of methoxy groups -OCH3 is 6. The number of aryl methyl sites for hydroxylation is 1. The predicted octanol–water partition coefficient (Wildman–Crippen LogP) is 10.9. The zero-order chi connectivity index (χ0) is 77.8. The summed E-state index contributed by atoms with van der Waals surface area (Å²) >= 11 is 4.24. The molecular weight excluding hydrogens is 1620 g/mol. The number of carbonyl (C=O) groups is 7. The first-order chi connectivity index (χ1) is 51.4. The number of carboxylic acid groups (broad SMARTS) is 1. The Kier molecular flexibility index (Phi) is 28.0. The molecule has 13 rings (SSSR count). The number of hydrogen-bond acceptors (Lipinski definition) is 22. The molecule has 7 aromatic carbocycles. The third-order valence-corrected chi connectivity index (χ3v) is 17.1. The smallest absolute Gasteiger partial charge is 0.341 e. The Morgan fingerprint density at radius 3 is 1.41 bits per heavy atom. The Hall–Kier alpha value is -12.4. The van der Waals surface area contributed by atoms with Crippen molar-refractivity contribution < 1.29 is 85.7 Å². The topological polar surface area (TPSA) is 448 Å². The highest BCUT2D eigenvalue weighted by Crippen LogP contribution is 2.37. The number of nitrogens with zero attached hydrogens (tertiary/aromatic N) is 7. The lowest BCUT2D eigenvalue weighted by Crippen LogP contribution is -2.42. The van der Waals surface area contributed by atoms with Crippen molar-refractivity contribution in [3.8, 4) is 34.5 Å². The number of primary amides is 2. The van der Waals surface area contributed by atoms with Crippen LogP contribution in [0.5, 0.6) is 34.5 Å². The monoisotopic (exact) mass is 1690 g/mol. The molecule has 0 aliphatic carbocycles. The van der Waals surface area contributed by atoms with Gasteiger partial charge in [0.1, 0.15) is 76.0 Å². The molecule has 32 nitrogen and oxygen atoms in total. The van der Waals surface area contributed by atoms with E-state index in [2.05, 4.69) is 107 Å². The Morgan fingerprint density at radius 1 is 0.523 bits per heavy atom. The summed E-state index contributed by atoms with van der Waals surface area (Å²) < 4.78 is 63.7. The van der Waals surface area contributed by atoms with Crippen molar-refractivity contribution in [1.29, 1.82) is 0 Å². The largest absolute Gasteiger partial charge is 0.495 e. The van der Waals surface area contributed by atoms with Gasteiger partial charge in [-0.25, -0.2) is 23.6 Å². The van der Waals surface area contributed by atoms with Gasteiger partial charge < -0.3 is 64.5 Å². The van der Waals surface area contributed by atoms with Gasteiger partial charge in [0.15, 0.2) is 0 Å². The number of rotatable bonds is 19. The summed E-state index contributed by atoms with van der Waals surface area (Å²) in [4.78, 5) is 80.9. The van der Waals surface area contributed by atoms with Gasteiger partial charge in [0.05, 0.1) is 145 Å². The van der Waals surface area contributed by atoms with E-state index in [1.54, 1.807) is 142 Å². The molecule has 1 atom stereocenters. The van der Waals surface area contributed by atoms with Crippen molar-refractivity contribution in [3.63, 3.8) is 0 Å². The molecule has 0 saturated carbocycles. The fraction of sp³-hybridized carbons (Fsp3) is 0.208. The molecule has 107 heavy (non-hydrogen) atoms. The molecule has 0 aliphatic rings. The number of ether oxygens (including phenoxy) is 9. The summed E-state index contributed by atoms with van der Waals surface area (Å²) in [6, 6.07) is 25.5. The van der Waals surface area contributed by atoms with Gasteiger partial charge in [0, 0.05) is 31.2 Å². The number of carboxylic acids is 1. The van der Waals surface area contributed by atoms with Gasteiger partial charge in [-0.15, -0.1) is 0 Å². The maximum absolute atomic E-state index is 13.8. The molecule has 13 aromatic rings. The highest BCUT2D eigenvalue weighted by atomic mass is 127. The molecule has 0 spiro atoms. The molecule has 35 heteroatoms. The van der Waals surface area contributed by atoms with Gasteiger partial charge in [-0.3, -0.25) is 44.6 Å². The Labute approximate surface area is 634 Å². The Morgan fingerprint density at radius 2 is 0.935 bits per heavy atom. The van der Waals surface area contributed by atoms with E-state index in [4.69, 9.17) is 59.2 Å². The number of hydrogen-bond donors (Lipinski definition) is 9. The standard InChI is InChI=1S/C20H19FN4O3.C12H13IN2O3.C11H11IN2O3.C11H12N2O3.C9H9N3O2.C9H8N2O3/c1-11(19(22)26)23-20(27)13-8-10-16-17(18(13)28-2)15(24-25-16)9-7-12-5-3-4-6-14(12)21;1-4-18-12(16)7-5-6-8-9(10(7)17-3)11(13)14-15(8)2;1-3-17-11(15)6-4-5-7-8(9(6)16-2)10(12)14-13-7;1-3-16-11(14)7-4-5-9-8(6-12-13-9)10(7)15-2;1-14-8-5(9(10)13)2-3-7-6(8)4-11-12-7;1-14-8-5(9(12)13)2-3-7-6(8)4-10-11-7/h3-11H,1-2H3,(H2,22,26)(H,23,27)(H,24,25);5-6H,4H2,1-3H3;4-5H,3H2,1-2H3,(H,13,14);4-6H,3H2,1-2H3,(H,12,13);2-4H,1H3,(H2,10,13)(H,11,12);2-4H,1H3,(H,10,11)(H,12,13)/b9-7+;;;;;/t11-;;;;;/m0...../s1. The fourth-order valence-corrected chi connectivity index (χ4v) is 12.1. The Bertz CT molecular complexity index is 5340. The molecule has 0 unspecified atom stereocenters. The second kappa shape index (κ2) is 37.3. The minimum atomic E-state index is -1.01. The number of halogens is 3. The van der Waals surface area contributed by atoms with E-state index in [0.717, 1.165) is 51.0 Å². The van der Waals surface area contributed by atoms with Crippen LogP contribution in [0.1, 0.15) is 101 Å². The van der Waals surface area contributed by atoms with Crippen LogP contribution in [0, 0.1) is 13.2 Å². The van der Waals surface area contributed by atoms with Gasteiger partial charge in [-0.05, 0) is 164 Å². The second-order valence-electron chi connectivity index (χ2n) is 21.9. The summed E-state index contributed by atoms with van der Waals surface area (Å²) in [7, 11) is 10.8. The highest BCUT2D eigenvalue weighted by Gasteiger charge is 2.25. The van der Waals surface area contributed by atoms with Crippen molar-refractivity contribution in [2.24, 2.45) is 18.5 Å². The number of carbonyl (C=O) groups excluding carboxylic acids is 6. The minimum Gasteiger partial charge on any atom is -0.495 e. The van der Waals surface area contributed by atoms with Crippen molar-refractivity contribution in [2.45, 2.75) is 33.7 Å². The minimum absolute atomic E-state index is 0.140.